The van der Waals surface area contributed by atoms with Gasteiger partial charge >= 0.3 is 0 Å². The lowest BCUT2D eigenvalue weighted by Crippen LogP contribution is -2.55. The number of hydrogen-bond donors (Lipinski definition) is 1. The van der Waals surface area contributed by atoms with E-state index >= 15 is 0 Å². The minimum atomic E-state index is 0.334. The largest absolute Gasteiger partial charge is 0.329 e. The summed E-state index contributed by atoms with van der Waals surface area (Å²) in [4.78, 5) is 2.65. The number of nitrogens with zero attached hydrogens (tertiary/aromatic N) is 1. The molecule has 2 fully saturated rings. The molecule has 0 radical (unpaired) electrons. The lowest BCUT2D eigenvalue weighted by molar-refractivity contribution is 0.0686. The molecule has 0 spiro atoms. The van der Waals surface area contributed by atoms with Crippen molar-refractivity contribution in [3.05, 3.63) is 0 Å². The average Bonchev–Trinajstić information content (AvgIpc) is 3.02. The van der Waals surface area contributed by atoms with Crippen molar-refractivity contribution < 1.29 is 0 Å². The van der Waals surface area contributed by atoms with E-state index in [1.165, 1.54) is 45.2 Å². The van der Waals surface area contributed by atoms with Crippen molar-refractivity contribution >= 4 is 0 Å². The molecule has 0 bridgehead atoms. The van der Waals surface area contributed by atoms with Crippen LogP contribution in [0, 0.1) is 5.92 Å². The van der Waals surface area contributed by atoms with Gasteiger partial charge in [-0.15, -0.1) is 0 Å². The third-order valence-corrected chi connectivity index (χ3v) is 3.95. The van der Waals surface area contributed by atoms with E-state index in [4.69, 9.17) is 5.73 Å². The molecule has 1 unspecified atom stereocenters. The SMILES string of the molecule is CC(CN)(C1CC1)N1CCCCC1. The van der Waals surface area contributed by atoms with Crippen LogP contribution in [0.5, 0.6) is 0 Å². The standard InChI is InChI=1S/C11H22N2/c1-11(9-12,10-5-6-10)13-7-3-2-4-8-13/h10H,2-9,12H2,1H3. The molecule has 1 aliphatic carbocycles. The Labute approximate surface area is 81.5 Å². The zero-order valence-corrected chi connectivity index (χ0v) is 8.76. The van der Waals surface area contributed by atoms with Gasteiger partial charge in [-0.25, -0.2) is 0 Å². The predicted molar refractivity (Wildman–Crippen MR) is 55.6 cm³/mol. The Kier molecular flexibility index (Phi) is 2.61. The zero-order valence-electron chi connectivity index (χ0n) is 8.76. The number of rotatable bonds is 3. The number of nitrogens with two attached hydrogens (primary N) is 1. The number of piperidine rings is 1. The molecule has 13 heavy (non-hydrogen) atoms. The number of likely N-dealkylation sites (tertiary alicyclic amines) is 1. The summed E-state index contributed by atoms with van der Waals surface area (Å²) < 4.78 is 0. The van der Waals surface area contributed by atoms with Crippen molar-refractivity contribution in [2.75, 3.05) is 19.6 Å². The molecule has 1 aliphatic heterocycles. The molecule has 2 rings (SSSR count). The van der Waals surface area contributed by atoms with Gasteiger partial charge < -0.3 is 5.73 Å². The molecule has 1 heterocycles. The molecule has 0 aromatic carbocycles. The van der Waals surface area contributed by atoms with Crippen molar-refractivity contribution in [2.45, 2.75) is 44.6 Å². The monoisotopic (exact) mass is 182 g/mol. The molecule has 2 N–H and O–H groups in total. The maximum absolute atomic E-state index is 5.94. The second-order valence-corrected chi connectivity index (χ2v) is 4.88. The smallest absolute Gasteiger partial charge is 0.0331 e. The summed E-state index contributed by atoms with van der Waals surface area (Å²) in [5, 5.41) is 0. The zero-order chi connectivity index (χ0) is 9.31. The first-order valence-corrected chi connectivity index (χ1v) is 5.72. The summed E-state index contributed by atoms with van der Waals surface area (Å²) in [5.74, 6) is 0.899. The van der Waals surface area contributed by atoms with Crippen LogP contribution in [0.3, 0.4) is 0 Å². The minimum Gasteiger partial charge on any atom is -0.329 e. The van der Waals surface area contributed by atoms with Gasteiger partial charge in [0.2, 0.25) is 0 Å². The highest BCUT2D eigenvalue weighted by atomic mass is 15.2. The van der Waals surface area contributed by atoms with Gasteiger partial charge in [0.05, 0.1) is 0 Å². The molecule has 0 amide bonds. The van der Waals surface area contributed by atoms with Crippen LogP contribution in [0.25, 0.3) is 0 Å². The maximum atomic E-state index is 5.94. The van der Waals surface area contributed by atoms with E-state index in [9.17, 15) is 0 Å². The Morgan fingerprint density at radius 3 is 2.31 bits per heavy atom. The van der Waals surface area contributed by atoms with Crippen LogP contribution >= 0.6 is 0 Å². The topological polar surface area (TPSA) is 29.3 Å². The first-order chi connectivity index (χ1) is 6.27. The summed E-state index contributed by atoms with van der Waals surface area (Å²) >= 11 is 0. The Balaban J connectivity index is 2.00. The normalized spacial score (nSPS) is 30.0. The fourth-order valence-corrected chi connectivity index (χ4v) is 2.66. The Bertz CT molecular complexity index is 171. The van der Waals surface area contributed by atoms with Crippen molar-refractivity contribution in [3.8, 4) is 0 Å². The summed E-state index contributed by atoms with van der Waals surface area (Å²) in [6.07, 6.45) is 6.99. The molecular weight excluding hydrogens is 160 g/mol. The van der Waals surface area contributed by atoms with Crippen LogP contribution in [-0.2, 0) is 0 Å². The molecule has 1 atom stereocenters. The highest BCUT2D eigenvalue weighted by Crippen LogP contribution is 2.43. The van der Waals surface area contributed by atoms with Crippen molar-refractivity contribution in [1.82, 2.24) is 4.90 Å². The molecule has 2 aliphatic rings. The van der Waals surface area contributed by atoms with Crippen molar-refractivity contribution in [1.29, 1.82) is 0 Å². The second kappa shape index (κ2) is 3.58. The van der Waals surface area contributed by atoms with Gasteiger partial charge in [-0.05, 0) is 51.6 Å². The van der Waals surface area contributed by atoms with Gasteiger partial charge in [-0.2, -0.15) is 0 Å². The van der Waals surface area contributed by atoms with Gasteiger partial charge in [0.15, 0.2) is 0 Å². The maximum Gasteiger partial charge on any atom is 0.0331 e. The molecule has 76 valence electrons. The highest BCUT2D eigenvalue weighted by molar-refractivity contribution is 5.00. The quantitative estimate of drug-likeness (QED) is 0.718. The van der Waals surface area contributed by atoms with E-state index < -0.39 is 0 Å². The lowest BCUT2D eigenvalue weighted by Gasteiger charge is -2.43. The molecule has 0 aromatic rings. The minimum absolute atomic E-state index is 0.334. The van der Waals surface area contributed by atoms with Gasteiger partial charge in [0.25, 0.3) is 0 Å². The Morgan fingerprint density at radius 2 is 1.85 bits per heavy atom. The fraction of sp³-hybridized carbons (Fsp3) is 1.00. The Morgan fingerprint density at radius 1 is 1.23 bits per heavy atom. The molecular formula is C11H22N2. The molecule has 2 nitrogen and oxygen atoms in total. The summed E-state index contributed by atoms with van der Waals surface area (Å²) in [6, 6.07) is 0. The molecule has 1 saturated carbocycles. The molecule has 2 heteroatoms. The van der Waals surface area contributed by atoms with E-state index in [-0.39, 0.29) is 0 Å². The lowest BCUT2D eigenvalue weighted by atomic mass is 9.91. The van der Waals surface area contributed by atoms with Gasteiger partial charge in [-0.1, -0.05) is 6.42 Å². The first kappa shape index (κ1) is 9.47. The first-order valence-electron chi connectivity index (χ1n) is 5.72. The van der Waals surface area contributed by atoms with Crippen LogP contribution in [0.4, 0.5) is 0 Å². The van der Waals surface area contributed by atoms with Crippen molar-refractivity contribution in [3.63, 3.8) is 0 Å². The second-order valence-electron chi connectivity index (χ2n) is 4.88. The predicted octanol–water partition coefficient (Wildman–Crippen LogP) is 1.60. The van der Waals surface area contributed by atoms with Crippen LogP contribution in [0.2, 0.25) is 0 Å². The summed E-state index contributed by atoms with van der Waals surface area (Å²) in [7, 11) is 0. The third kappa shape index (κ3) is 1.75. The van der Waals surface area contributed by atoms with Crippen LogP contribution in [0.1, 0.15) is 39.0 Å². The van der Waals surface area contributed by atoms with Crippen LogP contribution in [0.15, 0.2) is 0 Å². The van der Waals surface area contributed by atoms with Gasteiger partial charge in [0, 0.05) is 12.1 Å². The average molecular weight is 182 g/mol. The van der Waals surface area contributed by atoms with E-state index in [1.807, 2.05) is 0 Å². The third-order valence-electron chi connectivity index (χ3n) is 3.95. The van der Waals surface area contributed by atoms with Gasteiger partial charge in [-0.3, -0.25) is 4.90 Å². The van der Waals surface area contributed by atoms with E-state index in [1.54, 1.807) is 0 Å². The summed E-state index contributed by atoms with van der Waals surface area (Å²) in [6.45, 7) is 5.78. The van der Waals surface area contributed by atoms with Crippen molar-refractivity contribution in [2.24, 2.45) is 11.7 Å². The van der Waals surface area contributed by atoms with E-state index in [0.717, 1.165) is 12.5 Å². The van der Waals surface area contributed by atoms with Crippen LogP contribution in [-0.4, -0.2) is 30.1 Å². The van der Waals surface area contributed by atoms with Crippen LogP contribution < -0.4 is 5.73 Å². The van der Waals surface area contributed by atoms with E-state index in [0.29, 0.717) is 5.54 Å². The Hall–Kier alpha value is -0.0800. The fourth-order valence-electron chi connectivity index (χ4n) is 2.66. The summed E-state index contributed by atoms with van der Waals surface area (Å²) in [5.41, 5.74) is 6.27. The molecule has 0 aromatic heterocycles. The molecule has 1 saturated heterocycles. The highest BCUT2D eigenvalue weighted by Gasteiger charge is 2.44. The van der Waals surface area contributed by atoms with E-state index in [2.05, 4.69) is 11.8 Å². The van der Waals surface area contributed by atoms with Gasteiger partial charge in [0.1, 0.15) is 0 Å². The number of hydrogen-bond acceptors (Lipinski definition) is 2.